The molecule has 1 aromatic carbocycles. The van der Waals surface area contributed by atoms with Crippen LogP contribution in [0.2, 0.25) is 0 Å². The molecule has 5 heteroatoms. The number of hydrogen-bond donors (Lipinski definition) is 2. The van der Waals surface area contributed by atoms with Crippen molar-refractivity contribution >= 4 is 15.7 Å². The summed E-state index contributed by atoms with van der Waals surface area (Å²) in [5.74, 6) is 0.692. The Bertz CT molecular complexity index is 538. The molecule has 0 spiro atoms. The summed E-state index contributed by atoms with van der Waals surface area (Å²) in [6.45, 7) is 0.668. The van der Waals surface area contributed by atoms with Crippen LogP contribution in [0.15, 0.2) is 24.3 Å². The van der Waals surface area contributed by atoms with Gasteiger partial charge in [-0.1, -0.05) is 18.2 Å². The van der Waals surface area contributed by atoms with Crippen LogP contribution in [0.25, 0.3) is 0 Å². The van der Waals surface area contributed by atoms with Crippen LogP contribution in [0.1, 0.15) is 18.4 Å². The van der Waals surface area contributed by atoms with E-state index >= 15 is 0 Å². The molecule has 0 radical (unpaired) electrons. The Morgan fingerprint density at radius 1 is 1.28 bits per heavy atom. The highest BCUT2D eigenvalue weighted by molar-refractivity contribution is 7.89. The second-order valence-electron chi connectivity index (χ2n) is 5.28. The molecule has 0 amide bonds. The summed E-state index contributed by atoms with van der Waals surface area (Å²) in [7, 11) is -3.11. The molecule has 1 aliphatic carbocycles. The first-order valence-corrected chi connectivity index (χ1v) is 8.09. The molecule has 0 saturated heterocycles. The third-order valence-corrected chi connectivity index (χ3v) is 5.12. The molecule has 0 bridgehead atoms. The monoisotopic (exact) mass is 266 g/mol. The molecule has 1 heterocycles. The van der Waals surface area contributed by atoms with Crippen molar-refractivity contribution in [3.8, 4) is 0 Å². The normalized spacial score (nSPS) is 23.2. The fourth-order valence-corrected chi connectivity index (χ4v) is 4.15. The van der Waals surface area contributed by atoms with Crippen molar-refractivity contribution in [1.82, 2.24) is 4.72 Å². The van der Waals surface area contributed by atoms with Crippen LogP contribution in [0.5, 0.6) is 0 Å². The summed E-state index contributed by atoms with van der Waals surface area (Å²) < 4.78 is 26.7. The maximum atomic E-state index is 11.9. The van der Waals surface area contributed by atoms with E-state index in [4.69, 9.17) is 0 Å². The largest absolute Gasteiger partial charge is 0.383 e. The number of anilines is 1. The molecule has 2 N–H and O–H groups in total. The molecule has 1 aromatic rings. The van der Waals surface area contributed by atoms with Gasteiger partial charge in [-0.3, -0.25) is 0 Å². The standard InChI is InChI=1S/C13H18N2O2S/c16-18(17,9-10-5-6-10)15-12-7-11-3-1-2-4-13(11)14-8-12/h1-4,10,12,14-15H,5-9H2. The van der Waals surface area contributed by atoms with Crippen molar-refractivity contribution in [2.75, 3.05) is 17.6 Å². The second kappa shape index (κ2) is 4.55. The molecule has 1 aliphatic heterocycles. The van der Waals surface area contributed by atoms with E-state index in [1.807, 2.05) is 24.3 Å². The summed E-state index contributed by atoms with van der Waals surface area (Å²) in [6, 6.07) is 8.03. The first-order chi connectivity index (χ1) is 8.62. The van der Waals surface area contributed by atoms with Gasteiger partial charge in [0.15, 0.2) is 0 Å². The van der Waals surface area contributed by atoms with E-state index in [-0.39, 0.29) is 6.04 Å². The molecular weight excluding hydrogens is 248 g/mol. The minimum Gasteiger partial charge on any atom is -0.383 e. The van der Waals surface area contributed by atoms with Crippen LogP contribution in [0.4, 0.5) is 5.69 Å². The lowest BCUT2D eigenvalue weighted by Crippen LogP contribution is -2.44. The zero-order chi connectivity index (χ0) is 12.6. The van der Waals surface area contributed by atoms with Crippen LogP contribution >= 0.6 is 0 Å². The summed E-state index contributed by atoms with van der Waals surface area (Å²) >= 11 is 0. The number of rotatable bonds is 4. The van der Waals surface area contributed by atoms with Crippen LogP contribution in [-0.2, 0) is 16.4 Å². The van der Waals surface area contributed by atoms with E-state index in [0.29, 0.717) is 18.2 Å². The topological polar surface area (TPSA) is 58.2 Å². The minimum atomic E-state index is -3.11. The number of nitrogens with one attached hydrogen (secondary N) is 2. The summed E-state index contributed by atoms with van der Waals surface area (Å²) in [5.41, 5.74) is 2.30. The van der Waals surface area contributed by atoms with E-state index in [2.05, 4.69) is 10.0 Å². The lowest BCUT2D eigenvalue weighted by atomic mass is 10.0. The van der Waals surface area contributed by atoms with Crippen LogP contribution in [-0.4, -0.2) is 26.8 Å². The molecule has 1 saturated carbocycles. The number of para-hydroxylation sites is 1. The van der Waals surface area contributed by atoms with Gasteiger partial charge in [0.25, 0.3) is 0 Å². The summed E-state index contributed by atoms with van der Waals surface area (Å²) in [6.07, 6.45) is 2.90. The fraction of sp³-hybridized carbons (Fsp3) is 0.538. The van der Waals surface area contributed by atoms with E-state index in [0.717, 1.165) is 24.9 Å². The molecule has 1 atom stereocenters. The Morgan fingerprint density at radius 3 is 2.83 bits per heavy atom. The predicted octanol–water partition coefficient (Wildman–Crippen LogP) is 1.35. The molecular formula is C13H18N2O2S. The third-order valence-electron chi connectivity index (χ3n) is 3.52. The number of fused-ring (bicyclic) bond motifs is 1. The lowest BCUT2D eigenvalue weighted by Gasteiger charge is -2.26. The Hall–Kier alpha value is -1.07. The predicted molar refractivity (Wildman–Crippen MR) is 72.1 cm³/mol. The number of hydrogen-bond acceptors (Lipinski definition) is 3. The van der Waals surface area contributed by atoms with Crippen molar-refractivity contribution in [2.24, 2.45) is 5.92 Å². The molecule has 0 aromatic heterocycles. The molecule has 98 valence electrons. The minimum absolute atomic E-state index is 0.0244. The Labute approximate surface area is 108 Å². The Balaban J connectivity index is 1.65. The Kier molecular flexibility index (Phi) is 3.03. The van der Waals surface area contributed by atoms with E-state index < -0.39 is 10.0 Å². The highest BCUT2D eigenvalue weighted by Gasteiger charge is 2.30. The first-order valence-electron chi connectivity index (χ1n) is 6.44. The molecule has 1 unspecified atom stereocenters. The van der Waals surface area contributed by atoms with Crippen molar-refractivity contribution < 1.29 is 8.42 Å². The van der Waals surface area contributed by atoms with Crippen molar-refractivity contribution in [1.29, 1.82) is 0 Å². The highest BCUT2D eigenvalue weighted by Crippen LogP contribution is 2.30. The maximum Gasteiger partial charge on any atom is 0.212 e. The first kappa shape index (κ1) is 12.0. The highest BCUT2D eigenvalue weighted by atomic mass is 32.2. The molecule has 1 fully saturated rings. The van der Waals surface area contributed by atoms with Crippen molar-refractivity contribution in [3.05, 3.63) is 29.8 Å². The zero-order valence-electron chi connectivity index (χ0n) is 10.2. The van der Waals surface area contributed by atoms with Gasteiger partial charge in [-0.05, 0) is 36.8 Å². The maximum absolute atomic E-state index is 11.9. The zero-order valence-corrected chi connectivity index (χ0v) is 11.0. The quantitative estimate of drug-likeness (QED) is 0.865. The van der Waals surface area contributed by atoms with E-state index in [1.54, 1.807) is 0 Å². The van der Waals surface area contributed by atoms with Gasteiger partial charge in [0.1, 0.15) is 0 Å². The average molecular weight is 266 g/mol. The van der Waals surface area contributed by atoms with Crippen LogP contribution in [0, 0.1) is 5.92 Å². The van der Waals surface area contributed by atoms with Crippen LogP contribution in [0.3, 0.4) is 0 Å². The molecule has 4 nitrogen and oxygen atoms in total. The van der Waals surface area contributed by atoms with Gasteiger partial charge in [0.05, 0.1) is 5.75 Å². The summed E-state index contributed by atoms with van der Waals surface area (Å²) in [5, 5.41) is 3.28. The second-order valence-corrected chi connectivity index (χ2v) is 7.08. The number of sulfonamides is 1. The smallest absolute Gasteiger partial charge is 0.212 e. The molecule has 2 aliphatic rings. The SMILES string of the molecule is O=S(=O)(CC1CC1)NC1CNc2ccccc2C1. The summed E-state index contributed by atoms with van der Waals surface area (Å²) in [4.78, 5) is 0. The third kappa shape index (κ3) is 2.84. The van der Waals surface area contributed by atoms with Crippen molar-refractivity contribution in [3.63, 3.8) is 0 Å². The fourth-order valence-electron chi connectivity index (χ4n) is 2.42. The van der Waals surface area contributed by atoms with Gasteiger partial charge >= 0.3 is 0 Å². The lowest BCUT2D eigenvalue weighted by molar-refractivity contribution is 0.545. The van der Waals surface area contributed by atoms with E-state index in [1.165, 1.54) is 5.56 Å². The molecule has 18 heavy (non-hydrogen) atoms. The van der Waals surface area contributed by atoms with Gasteiger partial charge in [-0.15, -0.1) is 0 Å². The van der Waals surface area contributed by atoms with Gasteiger partial charge < -0.3 is 5.32 Å². The van der Waals surface area contributed by atoms with Gasteiger partial charge in [0, 0.05) is 18.3 Å². The number of benzene rings is 1. The van der Waals surface area contributed by atoms with Gasteiger partial charge in [0.2, 0.25) is 10.0 Å². The van der Waals surface area contributed by atoms with Gasteiger partial charge in [-0.2, -0.15) is 0 Å². The van der Waals surface area contributed by atoms with Crippen LogP contribution < -0.4 is 10.0 Å². The average Bonchev–Trinajstić information content (AvgIpc) is 3.11. The van der Waals surface area contributed by atoms with Crippen molar-refractivity contribution in [2.45, 2.75) is 25.3 Å². The van der Waals surface area contributed by atoms with Gasteiger partial charge in [-0.25, -0.2) is 13.1 Å². The van der Waals surface area contributed by atoms with E-state index in [9.17, 15) is 8.42 Å². The Morgan fingerprint density at radius 2 is 2.06 bits per heavy atom. The molecule has 3 rings (SSSR count).